The standard InChI is InChI=1S/C9H9NO6/c1-2-16-8-4-6(10(14)15)5(9(12)13)3-7(8)11/h3-4,11H,2H2,1H3,(H,12,13). The zero-order valence-corrected chi connectivity index (χ0v) is 8.34. The molecule has 16 heavy (non-hydrogen) atoms. The maximum atomic E-state index is 10.7. The molecule has 0 aliphatic rings. The number of carboxylic acid groups (broad SMARTS) is 1. The van der Waals surface area contributed by atoms with Crippen LogP contribution in [0.1, 0.15) is 17.3 Å². The molecule has 1 aromatic carbocycles. The molecule has 0 amide bonds. The molecular weight excluding hydrogens is 218 g/mol. The highest BCUT2D eigenvalue weighted by molar-refractivity contribution is 5.93. The number of nitro groups is 1. The Morgan fingerprint density at radius 3 is 2.62 bits per heavy atom. The Morgan fingerprint density at radius 1 is 1.56 bits per heavy atom. The number of nitro benzene ring substituents is 1. The summed E-state index contributed by atoms with van der Waals surface area (Å²) in [5.74, 6) is -2.03. The third-order valence-corrected chi connectivity index (χ3v) is 1.80. The van der Waals surface area contributed by atoms with Crippen molar-refractivity contribution < 1.29 is 24.7 Å². The zero-order chi connectivity index (χ0) is 12.3. The zero-order valence-electron chi connectivity index (χ0n) is 8.34. The minimum absolute atomic E-state index is 0.112. The van der Waals surface area contributed by atoms with Crippen LogP contribution in [-0.4, -0.2) is 27.7 Å². The number of phenols is 1. The summed E-state index contributed by atoms with van der Waals surface area (Å²) >= 11 is 0. The van der Waals surface area contributed by atoms with Crippen LogP contribution in [0.4, 0.5) is 5.69 Å². The smallest absolute Gasteiger partial charge is 0.342 e. The lowest BCUT2D eigenvalue weighted by Gasteiger charge is -2.06. The van der Waals surface area contributed by atoms with E-state index in [4.69, 9.17) is 9.84 Å². The van der Waals surface area contributed by atoms with E-state index in [1.165, 1.54) is 0 Å². The van der Waals surface area contributed by atoms with E-state index in [-0.39, 0.29) is 12.4 Å². The Bertz CT molecular complexity index is 442. The van der Waals surface area contributed by atoms with E-state index in [1.54, 1.807) is 6.92 Å². The number of aromatic hydroxyl groups is 1. The lowest BCUT2D eigenvalue weighted by molar-refractivity contribution is -0.385. The van der Waals surface area contributed by atoms with Gasteiger partial charge < -0.3 is 14.9 Å². The van der Waals surface area contributed by atoms with Gasteiger partial charge in [0.05, 0.1) is 17.6 Å². The molecule has 7 heteroatoms. The Kier molecular flexibility index (Phi) is 3.29. The Labute approximate surface area is 90.0 Å². The van der Waals surface area contributed by atoms with Crippen molar-refractivity contribution in [2.45, 2.75) is 6.92 Å². The van der Waals surface area contributed by atoms with Crippen molar-refractivity contribution >= 4 is 11.7 Å². The lowest BCUT2D eigenvalue weighted by atomic mass is 10.1. The average molecular weight is 227 g/mol. The van der Waals surface area contributed by atoms with Gasteiger partial charge in [-0.2, -0.15) is 0 Å². The summed E-state index contributed by atoms with van der Waals surface area (Å²) in [5, 5.41) is 28.7. The molecule has 1 rings (SSSR count). The van der Waals surface area contributed by atoms with Crippen molar-refractivity contribution in [2.75, 3.05) is 6.61 Å². The van der Waals surface area contributed by atoms with Gasteiger partial charge in [-0.25, -0.2) is 4.79 Å². The number of carbonyl (C=O) groups is 1. The van der Waals surface area contributed by atoms with Gasteiger partial charge in [0.15, 0.2) is 11.5 Å². The molecule has 0 spiro atoms. The molecule has 0 saturated carbocycles. The van der Waals surface area contributed by atoms with Crippen LogP contribution in [0.25, 0.3) is 0 Å². The average Bonchev–Trinajstić information content (AvgIpc) is 2.20. The van der Waals surface area contributed by atoms with Crippen molar-refractivity contribution in [1.29, 1.82) is 0 Å². The molecule has 1 aromatic rings. The minimum Gasteiger partial charge on any atom is -0.504 e. The Balaban J connectivity index is 3.37. The number of benzene rings is 1. The van der Waals surface area contributed by atoms with Gasteiger partial charge in [-0.3, -0.25) is 10.1 Å². The molecule has 0 saturated heterocycles. The fourth-order valence-electron chi connectivity index (χ4n) is 1.15. The summed E-state index contributed by atoms with van der Waals surface area (Å²) in [6, 6.07) is 1.69. The predicted octanol–water partition coefficient (Wildman–Crippen LogP) is 1.40. The number of carboxylic acids is 1. The SMILES string of the molecule is CCOc1cc([N+](=O)[O-])c(C(=O)O)cc1O. The number of ether oxygens (including phenoxy) is 1. The van der Waals surface area contributed by atoms with E-state index in [0.29, 0.717) is 0 Å². The Morgan fingerprint density at radius 2 is 2.19 bits per heavy atom. The summed E-state index contributed by atoms with van der Waals surface area (Å²) in [6.07, 6.45) is 0. The van der Waals surface area contributed by atoms with E-state index in [9.17, 15) is 20.0 Å². The highest BCUT2D eigenvalue weighted by atomic mass is 16.6. The quantitative estimate of drug-likeness (QED) is 0.594. The van der Waals surface area contributed by atoms with Gasteiger partial charge in [-0.15, -0.1) is 0 Å². The first kappa shape index (κ1) is 11.8. The second-order valence-electron chi connectivity index (χ2n) is 2.83. The van der Waals surface area contributed by atoms with Crippen LogP contribution in [-0.2, 0) is 0 Å². The first-order valence-corrected chi connectivity index (χ1v) is 4.34. The van der Waals surface area contributed by atoms with E-state index in [0.717, 1.165) is 12.1 Å². The number of hydrogen-bond acceptors (Lipinski definition) is 5. The molecule has 0 aromatic heterocycles. The van der Waals surface area contributed by atoms with Crippen LogP contribution in [0.5, 0.6) is 11.5 Å². The number of aromatic carboxylic acids is 1. The van der Waals surface area contributed by atoms with Gasteiger partial charge in [-0.05, 0) is 6.92 Å². The number of phenolic OH excluding ortho intramolecular Hbond substituents is 1. The van der Waals surface area contributed by atoms with Crippen LogP contribution in [0, 0.1) is 10.1 Å². The topological polar surface area (TPSA) is 110 Å². The van der Waals surface area contributed by atoms with Crippen molar-refractivity contribution in [2.24, 2.45) is 0 Å². The predicted molar refractivity (Wildman–Crippen MR) is 52.9 cm³/mol. The first-order chi connectivity index (χ1) is 7.47. The van der Waals surface area contributed by atoms with Crippen molar-refractivity contribution in [3.05, 3.63) is 27.8 Å². The monoisotopic (exact) mass is 227 g/mol. The van der Waals surface area contributed by atoms with Crippen molar-refractivity contribution in [3.63, 3.8) is 0 Å². The lowest BCUT2D eigenvalue weighted by Crippen LogP contribution is -2.03. The number of nitrogens with zero attached hydrogens (tertiary/aromatic N) is 1. The summed E-state index contributed by atoms with van der Waals surface area (Å²) in [4.78, 5) is 20.4. The van der Waals surface area contributed by atoms with Gasteiger partial charge in [0.25, 0.3) is 5.69 Å². The maximum absolute atomic E-state index is 10.7. The number of rotatable bonds is 4. The first-order valence-electron chi connectivity index (χ1n) is 4.34. The van der Waals surface area contributed by atoms with Crippen molar-refractivity contribution in [1.82, 2.24) is 0 Å². The van der Waals surface area contributed by atoms with E-state index < -0.39 is 27.9 Å². The molecule has 7 nitrogen and oxygen atoms in total. The molecule has 0 heterocycles. The van der Waals surface area contributed by atoms with Crippen LogP contribution >= 0.6 is 0 Å². The molecule has 0 aliphatic carbocycles. The third-order valence-electron chi connectivity index (χ3n) is 1.80. The van der Waals surface area contributed by atoms with Gasteiger partial charge in [0.2, 0.25) is 0 Å². The van der Waals surface area contributed by atoms with E-state index in [2.05, 4.69) is 0 Å². The fraction of sp³-hybridized carbons (Fsp3) is 0.222. The van der Waals surface area contributed by atoms with Gasteiger partial charge in [-0.1, -0.05) is 0 Å². The van der Waals surface area contributed by atoms with E-state index in [1.807, 2.05) is 0 Å². The molecule has 0 bridgehead atoms. The molecular formula is C9H9NO6. The van der Waals surface area contributed by atoms with Crippen LogP contribution in [0.3, 0.4) is 0 Å². The van der Waals surface area contributed by atoms with E-state index >= 15 is 0 Å². The number of hydrogen-bond donors (Lipinski definition) is 2. The van der Waals surface area contributed by atoms with Crippen LogP contribution in [0.2, 0.25) is 0 Å². The minimum atomic E-state index is -1.48. The fourth-order valence-corrected chi connectivity index (χ4v) is 1.15. The van der Waals surface area contributed by atoms with Crippen molar-refractivity contribution in [3.8, 4) is 11.5 Å². The molecule has 0 fully saturated rings. The molecule has 0 radical (unpaired) electrons. The third kappa shape index (κ3) is 2.19. The maximum Gasteiger partial charge on any atom is 0.342 e. The van der Waals surface area contributed by atoms with Gasteiger partial charge in [0, 0.05) is 6.07 Å². The normalized spacial score (nSPS) is 9.81. The molecule has 0 unspecified atom stereocenters. The highest BCUT2D eigenvalue weighted by Crippen LogP contribution is 2.33. The van der Waals surface area contributed by atoms with Crippen LogP contribution < -0.4 is 4.74 Å². The molecule has 0 aliphatic heterocycles. The summed E-state index contributed by atoms with van der Waals surface area (Å²) in [7, 11) is 0. The summed E-state index contributed by atoms with van der Waals surface area (Å²) in [6.45, 7) is 1.84. The van der Waals surface area contributed by atoms with Crippen LogP contribution in [0.15, 0.2) is 12.1 Å². The molecule has 86 valence electrons. The second-order valence-corrected chi connectivity index (χ2v) is 2.83. The summed E-state index contributed by atoms with van der Waals surface area (Å²) in [5.41, 5.74) is -1.19. The molecule has 0 atom stereocenters. The Hall–Kier alpha value is -2.31. The second kappa shape index (κ2) is 4.47. The largest absolute Gasteiger partial charge is 0.504 e. The molecule has 2 N–H and O–H groups in total. The van der Waals surface area contributed by atoms with Gasteiger partial charge in [0.1, 0.15) is 5.56 Å². The highest BCUT2D eigenvalue weighted by Gasteiger charge is 2.23. The van der Waals surface area contributed by atoms with Gasteiger partial charge >= 0.3 is 5.97 Å². The summed E-state index contributed by atoms with van der Waals surface area (Å²) < 4.78 is 4.91.